The van der Waals surface area contributed by atoms with Crippen molar-refractivity contribution >= 4 is 12.0 Å². The first-order valence-electron chi connectivity index (χ1n) is 8.75. The standard InChI is InChI=1S/C22H27NO2/c1-4-14-23(17-18(2)15-19-8-6-5-7-9-19)22(24)16-20-10-12-21(25-3)13-11-20/h5-13,15H,4,14,16-17H2,1-3H3/b18-15+. The topological polar surface area (TPSA) is 29.5 Å². The number of hydrogen-bond donors (Lipinski definition) is 0. The Kier molecular flexibility index (Phi) is 7.27. The molecule has 3 heteroatoms. The summed E-state index contributed by atoms with van der Waals surface area (Å²) in [7, 11) is 1.64. The van der Waals surface area contributed by atoms with Crippen molar-refractivity contribution in [3.63, 3.8) is 0 Å². The van der Waals surface area contributed by atoms with Crippen LogP contribution in [0, 0.1) is 0 Å². The van der Waals surface area contributed by atoms with E-state index in [1.807, 2.05) is 47.4 Å². The van der Waals surface area contributed by atoms with Gasteiger partial charge in [0.25, 0.3) is 0 Å². The molecular formula is C22H27NO2. The van der Waals surface area contributed by atoms with E-state index in [1.54, 1.807) is 7.11 Å². The molecule has 3 nitrogen and oxygen atoms in total. The number of nitrogens with zero attached hydrogens (tertiary/aromatic N) is 1. The summed E-state index contributed by atoms with van der Waals surface area (Å²) in [4.78, 5) is 14.7. The molecule has 0 fully saturated rings. The highest BCUT2D eigenvalue weighted by atomic mass is 16.5. The largest absolute Gasteiger partial charge is 0.497 e. The molecule has 0 bridgehead atoms. The molecule has 2 aromatic carbocycles. The summed E-state index contributed by atoms with van der Waals surface area (Å²) in [5, 5.41) is 0. The van der Waals surface area contributed by atoms with Gasteiger partial charge in [-0.15, -0.1) is 0 Å². The summed E-state index contributed by atoms with van der Waals surface area (Å²) < 4.78 is 5.17. The smallest absolute Gasteiger partial charge is 0.227 e. The van der Waals surface area contributed by atoms with Gasteiger partial charge in [0.15, 0.2) is 0 Å². The highest BCUT2D eigenvalue weighted by Gasteiger charge is 2.14. The normalized spacial score (nSPS) is 11.2. The number of ether oxygens (including phenoxy) is 1. The van der Waals surface area contributed by atoms with Gasteiger partial charge >= 0.3 is 0 Å². The predicted molar refractivity (Wildman–Crippen MR) is 104 cm³/mol. The highest BCUT2D eigenvalue weighted by Crippen LogP contribution is 2.14. The molecule has 1 amide bonds. The van der Waals surface area contributed by atoms with Gasteiger partial charge in [0, 0.05) is 13.1 Å². The van der Waals surface area contributed by atoms with Gasteiger partial charge in [-0.25, -0.2) is 0 Å². The Morgan fingerprint density at radius 3 is 2.36 bits per heavy atom. The van der Waals surface area contributed by atoms with Crippen LogP contribution in [0.15, 0.2) is 60.2 Å². The highest BCUT2D eigenvalue weighted by molar-refractivity contribution is 5.79. The minimum atomic E-state index is 0.160. The molecule has 0 spiro atoms. The van der Waals surface area contributed by atoms with Gasteiger partial charge in [-0.2, -0.15) is 0 Å². The molecule has 0 N–H and O–H groups in total. The van der Waals surface area contributed by atoms with E-state index in [4.69, 9.17) is 4.74 Å². The first-order valence-corrected chi connectivity index (χ1v) is 8.75. The number of amides is 1. The molecular weight excluding hydrogens is 310 g/mol. The summed E-state index contributed by atoms with van der Waals surface area (Å²) in [5.74, 6) is 0.969. The van der Waals surface area contributed by atoms with Gasteiger partial charge in [-0.3, -0.25) is 4.79 Å². The lowest BCUT2D eigenvalue weighted by Crippen LogP contribution is -2.34. The molecule has 0 radical (unpaired) electrons. The molecule has 0 saturated heterocycles. The zero-order valence-corrected chi connectivity index (χ0v) is 15.4. The van der Waals surface area contributed by atoms with E-state index >= 15 is 0 Å². The lowest BCUT2D eigenvalue weighted by molar-refractivity contribution is -0.130. The molecule has 0 atom stereocenters. The SMILES string of the molecule is CCCN(C/C(C)=C/c1ccccc1)C(=O)Cc1ccc(OC)cc1. The van der Waals surface area contributed by atoms with Crippen LogP contribution in [0.2, 0.25) is 0 Å². The fourth-order valence-corrected chi connectivity index (χ4v) is 2.77. The second-order valence-corrected chi connectivity index (χ2v) is 6.24. The molecule has 0 unspecified atom stereocenters. The number of benzene rings is 2. The first kappa shape index (κ1) is 18.8. The van der Waals surface area contributed by atoms with E-state index in [9.17, 15) is 4.79 Å². The van der Waals surface area contributed by atoms with Crippen molar-refractivity contribution in [1.82, 2.24) is 4.90 Å². The summed E-state index contributed by atoms with van der Waals surface area (Å²) in [6.45, 7) is 5.62. The van der Waals surface area contributed by atoms with E-state index < -0.39 is 0 Å². The maximum atomic E-state index is 12.7. The van der Waals surface area contributed by atoms with E-state index in [0.29, 0.717) is 13.0 Å². The number of carbonyl (C=O) groups is 1. The number of hydrogen-bond acceptors (Lipinski definition) is 2. The van der Waals surface area contributed by atoms with Gasteiger partial charge in [0.05, 0.1) is 13.5 Å². The number of rotatable bonds is 8. The van der Waals surface area contributed by atoms with Crippen molar-refractivity contribution in [3.05, 3.63) is 71.3 Å². The third-order valence-electron chi connectivity index (χ3n) is 4.01. The fourth-order valence-electron chi connectivity index (χ4n) is 2.77. The Balaban J connectivity index is 2.02. The Bertz CT molecular complexity index is 690. The second-order valence-electron chi connectivity index (χ2n) is 6.24. The van der Waals surface area contributed by atoms with Gasteiger partial charge in [0.1, 0.15) is 5.75 Å². The molecule has 0 heterocycles. The van der Waals surface area contributed by atoms with Crippen molar-refractivity contribution in [1.29, 1.82) is 0 Å². The molecule has 0 aromatic heterocycles. The zero-order chi connectivity index (χ0) is 18.1. The van der Waals surface area contributed by atoms with Gasteiger partial charge in [0.2, 0.25) is 5.91 Å². The van der Waals surface area contributed by atoms with Gasteiger partial charge in [-0.05, 0) is 36.6 Å². The van der Waals surface area contributed by atoms with Crippen LogP contribution in [-0.4, -0.2) is 31.0 Å². The van der Waals surface area contributed by atoms with Crippen molar-refractivity contribution in [3.8, 4) is 5.75 Å². The molecule has 0 aliphatic carbocycles. The Hall–Kier alpha value is -2.55. The van der Waals surface area contributed by atoms with Crippen LogP contribution < -0.4 is 4.74 Å². The third kappa shape index (κ3) is 6.11. The lowest BCUT2D eigenvalue weighted by Gasteiger charge is -2.23. The summed E-state index contributed by atoms with van der Waals surface area (Å²) in [6, 6.07) is 17.9. The van der Waals surface area contributed by atoms with Crippen molar-refractivity contribution < 1.29 is 9.53 Å². The Morgan fingerprint density at radius 2 is 1.76 bits per heavy atom. The first-order chi connectivity index (χ1) is 12.1. The second kappa shape index (κ2) is 9.67. The van der Waals surface area contributed by atoms with Gasteiger partial charge < -0.3 is 9.64 Å². The molecule has 25 heavy (non-hydrogen) atoms. The zero-order valence-electron chi connectivity index (χ0n) is 15.4. The molecule has 2 rings (SSSR count). The van der Waals surface area contributed by atoms with Crippen LogP contribution in [0.4, 0.5) is 0 Å². The third-order valence-corrected chi connectivity index (χ3v) is 4.01. The van der Waals surface area contributed by atoms with Crippen LogP contribution >= 0.6 is 0 Å². The van der Waals surface area contributed by atoms with Gasteiger partial charge in [-0.1, -0.05) is 61.0 Å². The number of methoxy groups -OCH3 is 1. The summed E-state index contributed by atoms with van der Waals surface area (Å²) >= 11 is 0. The fraction of sp³-hybridized carbons (Fsp3) is 0.318. The van der Waals surface area contributed by atoms with Crippen LogP contribution in [0.5, 0.6) is 5.75 Å². The van der Waals surface area contributed by atoms with Crippen LogP contribution in [0.3, 0.4) is 0 Å². The van der Waals surface area contributed by atoms with Crippen molar-refractivity contribution in [2.75, 3.05) is 20.2 Å². The monoisotopic (exact) mass is 337 g/mol. The average molecular weight is 337 g/mol. The summed E-state index contributed by atoms with van der Waals surface area (Å²) in [5.41, 5.74) is 3.36. The van der Waals surface area contributed by atoms with Crippen molar-refractivity contribution in [2.45, 2.75) is 26.7 Å². The number of carbonyl (C=O) groups excluding carboxylic acids is 1. The molecule has 0 aliphatic heterocycles. The summed E-state index contributed by atoms with van der Waals surface area (Å²) in [6.07, 6.45) is 3.51. The van der Waals surface area contributed by atoms with E-state index in [1.165, 1.54) is 11.1 Å². The van der Waals surface area contributed by atoms with Crippen molar-refractivity contribution in [2.24, 2.45) is 0 Å². The Labute approximate surface area is 150 Å². The maximum absolute atomic E-state index is 12.7. The van der Waals surface area contributed by atoms with Crippen LogP contribution in [-0.2, 0) is 11.2 Å². The molecule has 2 aromatic rings. The molecule has 132 valence electrons. The lowest BCUT2D eigenvalue weighted by atomic mass is 10.1. The quantitative estimate of drug-likeness (QED) is 0.705. The Morgan fingerprint density at radius 1 is 1.08 bits per heavy atom. The van der Waals surface area contributed by atoms with Crippen LogP contribution in [0.25, 0.3) is 6.08 Å². The maximum Gasteiger partial charge on any atom is 0.227 e. The molecule has 0 aliphatic rings. The molecule has 0 saturated carbocycles. The van der Waals surface area contributed by atoms with E-state index in [0.717, 1.165) is 24.3 Å². The van der Waals surface area contributed by atoms with E-state index in [2.05, 4.69) is 32.1 Å². The minimum Gasteiger partial charge on any atom is -0.497 e. The predicted octanol–water partition coefficient (Wildman–Crippen LogP) is 4.58. The van der Waals surface area contributed by atoms with Crippen LogP contribution in [0.1, 0.15) is 31.4 Å². The van der Waals surface area contributed by atoms with E-state index in [-0.39, 0.29) is 5.91 Å². The average Bonchev–Trinajstić information content (AvgIpc) is 2.62. The minimum absolute atomic E-state index is 0.160.